The Hall–Kier alpha value is -0.240. The predicted molar refractivity (Wildman–Crippen MR) is 72.5 cm³/mol. The molecule has 0 heterocycles. The molecule has 0 bridgehead atoms. The third-order valence-corrected chi connectivity index (χ3v) is 3.60. The molecule has 0 aliphatic rings. The Labute approximate surface area is 108 Å². The Balaban J connectivity index is 2.58. The number of hydrogen-bond donors (Lipinski definition) is 0. The summed E-state index contributed by atoms with van der Waals surface area (Å²) in [6.07, 6.45) is 0.991. The van der Waals surface area contributed by atoms with E-state index in [1.165, 1.54) is 5.56 Å². The Morgan fingerprint density at radius 3 is 2.25 bits per heavy atom. The molecule has 1 aromatic carbocycles. The van der Waals surface area contributed by atoms with Crippen LogP contribution < -0.4 is 0 Å². The lowest BCUT2D eigenvalue weighted by atomic mass is 10.1. The summed E-state index contributed by atoms with van der Waals surface area (Å²) in [7, 11) is 2.14. The zero-order chi connectivity index (χ0) is 12.3. The van der Waals surface area contributed by atoms with Crippen LogP contribution in [0, 0.1) is 0 Å². The van der Waals surface area contributed by atoms with Crippen molar-refractivity contribution in [3.05, 3.63) is 33.8 Å². The summed E-state index contributed by atoms with van der Waals surface area (Å²) in [6.45, 7) is 7.65. The Kier molecular flexibility index (Phi) is 4.66. The molecule has 0 saturated heterocycles. The molecule has 0 radical (unpaired) electrons. The van der Waals surface area contributed by atoms with Crippen molar-refractivity contribution < 1.29 is 0 Å². The van der Waals surface area contributed by atoms with Gasteiger partial charge in [-0.15, -0.1) is 0 Å². The van der Waals surface area contributed by atoms with Gasteiger partial charge in [0.1, 0.15) is 0 Å². The van der Waals surface area contributed by atoms with E-state index >= 15 is 0 Å². The van der Waals surface area contributed by atoms with Gasteiger partial charge in [-0.05, 0) is 51.9 Å². The molecule has 1 rings (SSSR count). The van der Waals surface area contributed by atoms with Crippen LogP contribution in [0.5, 0.6) is 0 Å². The number of likely N-dealkylation sites (N-methyl/N-ethyl adjacent to an activating group) is 1. The maximum absolute atomic E-state index is 5.97. The first-order valence-electron chi connectivity index (χ1n) is 5.46. The highest BCUT2D eigenvalue weighted by molar-refractivity contribution is 6.42. The van der Waals surface area contributed by atoms with Gasteiger partial charge in [0.05, 0.1) is 10.0 Å². The fourth-order valence-corrected chi connectivity index (χ4v) is 1.65. The normalized spacial score (nSPS) is 12.2. The lowest BCUT2D eigenvalue weighted by Gasteiger charge is -2.31. The Bertz CT molecular complexity index is 355. The van der Waals surface area contributed by atoms with Gasteiger partial charge in [-0.2, -0.15) is 0 Å². The van der Waals surface area contributed by atoms with Crippen molar-refractivity contribution in [1.82, 2.24) is 4.90 Å². The first kappa shape index (κ1) is 13.8. The molecule has 0 unspecified atom stereocenters. The SMILES string of the molecule is CN(CCc1ccc(Cl)c(Cl)c1)C(C)(C)C. The molecule has 16 heavy (non-hydrogen) atoms. The minimum Gasteiger partial charge on any atom is -0.301 e. The monoisotopic (exact) mass is 259 g/mol. The van der Waals surface area contributed by atoms with E-state index in [0.717, 1.165) is 13.0 Å². The van der Waals surface area contributed by atoms with Gasteiger partial charge < -0.3 is 4.90 Å². The molecule has 1 aromatic rings. The molecule has 3 heteroatoms. The van der Waals surface area contributed by atoms with Crippen molar-refractivity contribution in [2.75, 3.05) is 13.6 Å². The predicted octanol–water partition coefficient (Wildman–Crippen LogP) is 4.27. The van der Waals surface area contributed by atoms with Crippen molar-refractivity contribution in [2.45, 2.75) is 32.7 Å². The summed E-state index contributed by atoms with van der Waals surface area (Å²) in [5.41, 5.74) is 1.43. The molecule has 0 amide bonds. The summed E-state index contributed by atoms with van der Waals surface area (Å²) in [6, 6.07) is 5.83. The molecule has 0 spiro atoms. The largest absolute Gasteiger partial charge is 0.301 e. The number of hydrogen-bond acceptors (Lipinski definition) is 1. The van der Waals surface area contributed by atoms with Gasteiger partial charge in [0.2, 0.25) is 0 Å². The molecular weight excluding hydrogens is 241 g/mol. The second kappa shape index (κ2) is 5.39. The summed E-state index contributed by atoms with van der Waals surface area (Å²) in [5.74, 6) is 0. The quantitative estimate of drug-likeness (QED) is 0.784. The van der Waals surface area contributed by atoms with Crippen LogP contribution in [-0.2, 0) is 6.42 Å². The van der Waals surface area contributed by atoms with Crippen LogP contribution in [0.3, 0.4) is 0 Å². The summed E-state index contributed by atoms with van der Waals surface area (Å²) < 4.78 is 0. The van der Waals surface area contributed by atoms with Crippen molar-refractivity contribution in [3.63, 3.8) is 0 Å². The van der Waals surface area contributed by atoms with Gasteiger partial charge in [-0.3, -0.25) is 0 Å². The lowest BCUT2D eigenvalue weighted by Crippen LogP contribution is -2.39. The van der Waals surface area contributed by atoms with Crippen molar-refractivity contribution >= 4 is 23.2 Å². The maximum atomic E-state index is 5.97. The zero-order valence-corrected chi connectivity index (χ0v) is 11.9. The van der Waals surface area contributed by atoms with Gasteiger partial charge in [0.25, 0.3) is 0 Å². The average Bonchev–Trinajstić information content (AvgIpc) is 2.18. The van der Waals surface area contributed by atoms with E-state index in [9.17, 15) is 0 Å². The summed E-state index contributed by atoms with van der Waals surface area (Å²) in [4.78, 5) is 2.33. The fourth-order valence-electron chi connectivity index (χ4n) is 1.33. The van der Waals surface area contributed by atoms with Crippen LogP contribution in [0.15, 0.2) is 18.2 Å². The van der Waals surface area contributed by atoms with E-state index in [4.69, 9.17) is 23.2 Å². The third-order valence-electron chi connectivity index (χ3n) is 2.87. The standard InChI is InChI=1S/C13H19Cl2N/c1-13(2,3)16(4)8-7-10-5-6-11(14)12(15)9-10/h5-6,9H,7-8H2,1-4H3. The third kappa shape index (κ3) is 3.97. The number of halogens is 2. The first-order chi connectivity index (χ1) is 7.30. The number of rotatable bonds is 3. The van der Waals surface area contributed by atoms with E-state index in [0.29, 0.717) is 10.0 Å². The Morgan fingerprint density at radius 1 is 1.12 bits per heavy atom. The van der Waals surface area contributed by atoms with Gasteiger partial charge >= 0.3 is 0 Å². The molecule has 90 valence electrons. The van der Waals surface area contributed by atoms with Crippen LogP contribution in [0.4, 0.5) is 0 Å². The highest BCUT2D eigenvalue weighted by Crippen LogP contribution is 2.23. The molecule has 0 aliphatic carbocycles. The van der Waals surface area contributed by atoms with E-state index in [1.807, 2.05) is 18.2 Å². The van der Waals surface area contributed by atoms with Gasteiger partial charge in [0, 0.05) is 12.1 Å². The molecular formula is C13H19Cl2N. The van der Waals surface area contributed by atoms with Crippen LogP contribution in [-0.4, -0.2) is 24.0 Å². The highest BCUT2D eigenvalue weighted by atomic mass is 35.5. The van der Waals surface area contributed by atoms with Crippen LogP contribution >= 0.6 is 23.2 Å². The van der Waals surface area contributed by atoms with Crippen LogP contribution in [0.2, 0.25) is 10.0 Å². The topological polar surface area (TPSA) is 3.24 Å². The van der Waals surface area contributed by atoms with Gasteiger partial charge in [-0.1, -0.05) is 29.3 Å². The van der Waals surface area contributed by atoms with E-state index in [-0.39, 0.29) is 5.54 Å². The highest BCUT2D eigenvalue weighted by Gasteiger charge is 2.16. The number of benzene rings is 1. The number of nitrogens with zero attached hydrogens (tertiary/aromatic N) is 1. The first-order valence-corrected chi connectivity index (χ1v) is 6.21. The second-order valence-electron chi connectivity index (χ2n) is 5.09. The average molecular weight is 260 g/mol. The van der Waals surface area contributed by atoms with Crippen LogP contribution in [0.25, 0.3) is 0 Å². The molecule has 0 saturated carbocycles. The smallest absolute Gasteiger partial charge is 0.0595 e. The van der Waals surface area contributed by atoms with Gasteiger partial charge in [-0.25, -0.2) is 0 Å². The second-order valence-corrected chi connectivity index (χ2v) is 5.91. The lowest BCUT2D eigenvalue weighted by molar-refractivity contribution is 0.178. The maximum Gasteiger partial charge on any atom is 0.0595 e. The van der Waals surface area contributed by atoms with Crippen molar-refractivity contribution in [1.29, 1.82) is 0 Å². The fraction of sp³-hybridized carbons (Fsp3) is 0.538. The molecule has 0 N–H and O–H groups in total. The summed E-state index contributed by atoms with van der Waals surface area (Å²) in [5, 5.41) is 1.26. The van der Waals surface area contributed by atoms with E-state index in [2.05, 4.69) is 32.7 Å². The molecule has 0 atom stereocenters. The van der Waals surface area contributed by atoms with E-state index < -0.39 is 0 Å². The van der Waals surface area contributed by atoms with Gasteiger partial charge in [0.15, 0.2) is 0 Å². The minimum absolute atomic E-state index is 0.205. The van der Waals surface area contributed by atoms with Crippen molar-refractivity contribution in [3.8, 4) is 0 Å². The zero-order valence-electron chi connectivity index (χ0n) is 10.3. The molecule has 0 aromatic heterocycles. The van der Waals surface area contributed by atoms with Crippen LogP contribution in [0.1, 0.15) is 26.3 Å². The minimum atomic E-state index is 0.205. The van der Waals surface area contributed by atoms with Crippen molar-refractivity contribution in [2.24, 2.45) is 0 Å². The molecule has 1 nitrogen and oxygen atoms in total. The van der Waals surface area contributed by atoms with E-state index in [1.54, 1.807) is 0 Å². The molecule has 0 aliphatic heterocycles. The Morgan fingerprint density at radius 2 is 1.75 bits per heavy atom. The summed E-state index contributed by atoms with van der Waals surface area (Å²) >= 11 is 11.8. The molecule has 0 fully saturated rings.